The number of aromatic amines is 1. The summed E-state index contributed by atoms with van der Waals surface area (Å²) in [5.41, 5.74) is 0.291. The maximum atomic E-state index is 13.5. The van der Waals surface area contributed by atoms with Crippen LogP contribution in [0.1, 0.15) is 66.5 Å². The van der Waals surface area contributed by atoms with Crippen molar-refractivity contribution in [2.75, 3.05) is 36.9 Å². The fraction of sp³-hybridized carbons (Fsp3) is 0.486. The standard InChI is InChI=1S/C35H47FN7O6P/c1-34(2,3)48-50(45,49-35(4,5)6)47-22-27-12-8-15-43(27)16-9-17-46-28-13-14-29-30(21-28)37-23-38-33(29)40-31-19-26(41-42-31)20-32(44)39-25-11-7-10-24(36)18-25/h7,10-11,13-14,18-19,21,23,27H,8-9,12,15-17,20,22H2,1-6H3,(H,39,44)(H2,37,38,40,41,42)/t27-/m1/s1. The van der Waals surface area contributed by atoms with Gasteiger partial charge in [-0.05, 0) is 97.7 Å². The molecule has 0 radical (unpaired) electrons. The number of likely N-dealkylation sites (tertiary alicyclic amines) is 1. The van der Waals surface area contributed by atoms with E-state index >= 15 is 0 Å². The van der Waals surface area contributed by atoms with Crippen LogP contribution in [0, 0.1) is 5.82 Å². The molecule has 4 aromatic rings. The lowest BCUT2D eigenvalue weighted by Crippen LogP contribution is -2.35. The Morgan fingerprint density at radius 3 is 2.58 bits per heavy atom. The molecule has 0 spiro atoms. The van der Waals surface area contributed by atoms with E-state index in [9.17, 15) is 13.8 Å². The number of phosphoric ester groups is 1. The zero-order valence-corrected chi connectivity index (χ0v) is 30.4. The Morgan fingerprint density at radius 1 is 1.06 bits per heavy atom. The summed E-state index contributed by atoms with van der Waals surface area (Å²) in [4.78, 5) is 23.5. The molecular formula is C35H47FN7O6P. The third-order valence-electron chi connectivity index (χ3n) is 7.50. The van der Waals surface area contributed by atoms with Crippen molar-refractivity contribution in [3.8, 4) is 5.75 Å². The number of aromatic nitrogens is 4. The maximum absolute atomic E-state index is 13.5. The summed E-state index contributed by atoms with van der Waals surface area (Å²) in [5, 5.41) is 13.7. The van der Waals surface area contributed by atoms with E-state index in [1.807, 2.05) is 59.7 Å². The summed E-state index contributed by atoms with van der Waals surface area (Å²) >= 11 is 0. The lowest BCUT2D eigenvalue weighted by atomic mass is 10.2. The maximum Gasteiger partial charge on any atom is 0.475 e. The van der Waals surface area contributed by atoms with Crippen LogP contribution in [0.15, 0.2) is 54.9 Å². The highest BCUT2D eigenvalue weighted by Crippen LogP contribution is 2.55. The predicted octanol–water partition coefficient (Wildman–Crippen LogP) is 7.41. The number of hydrogen-bond donors (Lipinski definition) is 3. The minimum absolute atomic E-state index is 0.0313. The van der Waals surface area contributed by atoms with Crippen LogP contribution in [-0.4, -0.2) is 74.5 Å². The number of hydrogen-bond acceptors (Lipinski definition) is 11. The Hall–Kier alpha value is -3.94. The van der Waals surface area contributed by atoms with Crippen LogP contribution >= 0.6 is 7.82 Å². The molecule has 0 bridgehead atoms. The molecular weight excluding hydrogens is 664 g/mol. The van der Waals surface area contributed by atoms with E-state index < -0.39 is 24.8 Å². The SMILES string of the molecule is CC(C)(C)OP(=O)(OC[C@H]1CCCN1CCCOc1ccc2c(Nc3cc(CC(=O)Nc4cccc(F)c4)[nH]n3)ncnc2c1)OC(C)(C)C. The monoisotopic (exact) mass is 711 g/mol. The first-order chi connectivity index (χ1) is 23.6. The van der Waals surface area contributed by atoms with Gasteiger partial charge in [0, 0.05) is 41.5 Å². The average Bonchev–Trinajstić information content (AvgIpc) is 3.65. The molecule has 1 saturated heterocycles. The first-order valence-corrected chi connectivity index (χ1v) is 18.2. The van der Waals surface area contributed by atoms with Gasteiger partial charge in [-0.1, -0.05) is 6.07 Å². The van der Waals surface area contributed by atoms with Gasteiger partial charge in [0.05, 0.1) is 36.4 Å². The minimum atomic E-state index is -3.77. The largest absolute Gasteiger partial charge is 0.493 e. The van der Waals surface area contributed by atoms with Crippen LogP contribution in [0.5, 0.6) is 5.75 Å². The van der Waals surface area contributed by atoms with Gasteiger partial charge in [0.1, 0.15) is 23.7 Å². The number of carbonyl (C=O) groups excluding carboxylic acids is 1. The molecule has 2 aromatic heterocycles. The van der Waals surface area contributed by atoms with Crippen LogP contribution in [0.4, 0.5) is 21.7 Å². The molecule has 1 aliphatic rings. The van der Waals surface area contributed by atoms with Gasteiger partial charge in [0.15, 0.2) is 5.82 Å². The number of phosphoric acid groups is 1. The molecule has 3 heterocycles. The van der Waals surface area contributed by atoms with Crippen molar-refractivity contribution < 1.29 is 32.1 Å². The van der Waals surface area contributed by atoms with Gasteiger partial charge >= 0.3 is 7.82 Å². The molecule has 1 atom stereocenters. The van der Waals surface area contributed by atoms with E-state index in [1.54, 1.807) is 12.1 Å². The molecule has 1 amide bonds. The highest BCUT2D eigenvalue weighted by Gasteiger charge is 2.38. The van der Waals surface area contributed by atoms with Crippen molar-refractivity contribution in [2.24, 2.45) is 0 Å². The Labute approximate surface area is 292 Å². The van der Waals surface area contributed by atoms with Crippen molar-refractivity contribution in [3.63, 3.8) is 0 Å². The van der Waals surface area contributed by atoms with E-state index in [1.165, 1.54) is 24.5 Å². The Morgan fingerprint density at radius 2 is 1.84 bits per heavy atom. The molecule has 1 fully saturated rings. The molecule has 1 aliphatic heterocycles. The number of amides is 1. The van der Waals surface area contributed by atoms with Gasteiger partial charge in [-0.25, -0.2) is 18.9 Å². The van der Waals surface area contributed by atoms with E-state index in [2.05, 4.69) is 35.7 Å². The number of carbonyl (C=O) groups is 1. The Kier molecular flexibility index (Phi) is 11.9. The molecule has 0 aliphatic carbocycles. The summed E-state index contributed by atoms with van der Waals surface area (Å²) in [6.45, 7) is 13.5. The minimum Gasteiger partial charge on any atom is -0.493 e. The fourth-order valence-electron chi connectivity index (χ4n) is 5.56. The Balaban J connectivity index is 1.10. The first-order valence-electron chi connectivity index (χ1n) is 16.8. The van der Waals surface area contributed by atoms with Crippen molar-refractivity contribution in [1.82, 2.24) is 25.1 Å². The quantitative estimate of drug-likeness (QED) is 0.0835. The van der Waals surface area contributed by atoms with E-state index in [0.717, 1.165) is 37.7 Å². The van der Waals surface area contributed by atoms with Crippen LogP contribution in [0.3, 0.4) is 0 Å². The highest BCUT2D eigenvalue weighted by atomic mass is 31.2. The summed E-state index contributed by atoms with van der Waals surface area (Å²) < 4.78 is 50.4. The van der Waals surface area contributed by atoms with Gasteiger partial charge < -0.3 is 15.4 Å². The third kappa shape index (κ3) is 11.3. The fourth-order valence-corrected chi connectivity index (χ4v) is 7.40. The van der Waals surface area contributed by atoms with E-state index in [-0.39, 0.29) is 25.0 Å². The lowest BCUT2D eigenvalue weighted by Gasteiger charge is -2.32. The smallest absolute Gasteiger partial charge is 0.475 e. The summed E-state index contributed by atoms with van der Waals surface area (Å²) in [5.74, 6) is 0.993. The lowest BCUT2D eigenvalue weighted by molar-refractivity contribution is -0.115. The number of fused-ring (bicyclic) bond motifs is 1. The second-order valence-electron chi connectivity index (χ2n) is 14.2. The van der Waals surface area contributed by atoms with E-state index in [4.69, 9.17) is 18.3 Å². The number of nitrogens with one attached hydrogen (secondary N) is 3. The normalized spacial score (nSPS) is 15.8. The van der Waals surface area contributed by atoms with E-state index in [0.29, 0.717) is 40.9 Å². The second-order valence-corrected chi connectivity index (χ2v) is 15.7. The molecule has 2 aromatic carbocycles. The first kappa shape index (κ1) is 37.3. The number of benzene rings is 2. The number of halogens is 1. The topological polar surface area (TPSA) is 153 Å². The summed E-state index contributed by atoms with van der Waals surface area (Å²) in [6.07, 6.45) is 4.26. The molecule has 0 unspecified atom stereocenters. The van der Waals surface area contributed by atoms with Crippen molar-refractivity contribution in [3.05, 3.63) is 66.4 Å². The van der Waals surface area contributed by atoms with Crippen LogP contribution in [0.2, 0.25) is 0 Å². The molecule has 3 N–H and O–H groups in total. The van der Waals surface area contributed by atoms with Gasteiger partial charge in [-0.15, -0.1) is 0 Å². The zero-order chi connectivity index (χ0) is 35.9. The van der Waals surface area contributed by atoms with Crippen molar-refractivity contribution >= 4 is 42.0 Å². The molecule has 13 nitrogen and oxygen atoms in total. The third-order valence-corrected chi connectivity index (χ3v) is 9.51. The van der Waals surface area contributed by atoms with Gasteiger partial charge in [0.25, 0.3) is 0 Å². The zero-order valence-electron chi connectivity index (χ0n) is 29.5. The number of ether oxygens (including phenoxy) is 1. The summed E-state index contributed by atoms with van der Waals surface area (Å²) in [7, 11) is -3.77. The number of H-pyrrole nitrogens is 1. The summed E-state index contributed by atoms with van der Waals surface area (Å²) in [6, 6.07) is 13.2. The van der Waals surface area contributed by atoms with Crippen LogP contribution in [-0.2, 0) is 29.4 Å². The van der Waals surface area contributed by atoms with Gasteiger partial charge in [0.2, 0.25) is 5.91 Å². The number of anilines is 3. The molecule has 50 heavy (non-hydrogen) atoms. The van der Waals surface area contributed by atoms with Crippen LogP contribution < -0.4 is 15.4 Å². The number of nitrogens with zero attached hydrogens (tertiary/aromatic N) is 4. The molecule has 0 saturated carbocycles. The Bertz CT molecular complexity index is 1790. The second kappa shape index (κ2) is 15.9. The van der Waals surface area contributed by atoms with Gasteiger partial charge in [-0.2, -0.15) is 5.10 Å². The molecule has 270 valence electrons. The predicted molar refractivity (Wildman–Crippen MR) is 190 cm³/mol. The number of rotatable bonds is 15. The van der Waals surface area contributed by atoms with Gasteiger partial charge in [-0.3, -0.25) is 28.4 Å². The molecule has 15 heteroatoms. The van der Waals surface area contributed by atoms with Crippen molar-refractivity contribution in [2.45, 2.75) is 84.5 Å². The molecule has 5 rings (SSSR count). The average molecular weight is 712 g/mol. The van der Waals surface area contributed by atoms with Crippen LogP contribution in [0.25, 0.3) is 10.9 Å². The van der Waals surface area contributed by atoms with Crippen molar-refractivity contribution in [1.29, 1.82) is 0 Å². The highest BCUT2D eigenvalue weighted by molar-refractivity contribution is 7.48.